The van der Waals surface area contributed by atoms with Crippen LogP contribution >= 0.6 is 23.1 Å². The van der Waals surface area contributed by atoms with Crippen LogP contribution in [0, 0.1) is 11.3 Å². The number of rotatable bonds is 6. The summed E-state index contributed by atoms with van der Waals surface area (Å²) in [4.78, 5) is 12.2. The largest absolute Gasteiger partial charge is 0.343 e. The van der Waals surface area contributed by atoms with Crippen LogP contribution in [0.3, 0.4) is 0 Å². The maximum absolute atomic E-state index is 12.2. The number of carbonyl (C=O) groups is 1. The maximum Gasteiger partial charge on any atom is 0.252 e. The number of aromatic nitrogens is 3. The zero-order chi connectivity index (χ0) is 15.6. The van der Waals surface area contributed by atoms with Gasteiger partial charge in [-0.25, -0.2) is 4.68 Å². The molecule has 6 nitrogen and oxygen atoms in total. The molecule has 1 fully saturated rings. The number of hydrogen-bond donors (Lipinski definition) is 1. The Morgan fingerprint density at radius 3 is 3.09 bits per heavy atom. The Morgan fingerprint density at radius 2 is 2.50 bits per heavy atom. The third kappa shape index (κ3) is 2.87. The summed E-state index contributed by atoms with van der Waals surface area (Å²) in [5.74, 6) is 0.588. The summed E-state index contributed by atoms with van der Waals surface area (Å²) >= 11 is 3.12. The summed E-state index contributed by atoms with van der Waals surface area (Å²) < 4.78 is 1.63. The van der Waals surface area contributed by atoms with Crippen LogP contribution in [0.25, 0.3) is 0 Å². The van der Waals surface area contributed by atoms with Crippen LogP contribution in [0.15, 0.2) is 23.0 Å². The lowest BCUT2D eigenvalue weighted by Gasteiger charge is -2.14. The van der Waals surface area contributed by atoms with Crippen molar-refractivity contribution >= 4 is 29.0 Å². The molecule has 3 rings (SSSR count). The number of thioether (sulfide) groups is 1. The molecule has 0 saturated heterocycles. The van der Waals surface area contributed by atoms with Crippen molar-refractivity contribution in [3.8, 4) is 6.07 Å². The minimum atomic E-state index is -0.521. The van der Waals surface area contributed by atoms with Crippen molar-refractivity contribution < 1.29 is 4.79 Å². The van der Waals surface area contributed by atoms with Gasteiger partial charge in [0.2, 0.25) is 0 Å². The van der Waals surface area contributed by atoms with Crippen LogP contribution in [0.1, 0.15) is 34.9 Å². The van der Waals surface area contributed by atoms with Crippen LogP contribution in [0.5, 0.6) is 0 Å². The van der Waals surface area contributed by atoms with E-state index in [-0.39, 0.29) is 11.9 Å². The van der Waals surface area contributed by atoms with Crippen molar-refractivity contribution in [2.24, 2.45) is 0 Å². The van der Waals surface area contributed by atoms with Crippen molar-refractivity contribution in [2.45, 2.75) is 24.4 Å². The first kappa shape index (κ1) is 15.1. The van der Waals surface area contributed by atoms with Crippen molar-refractivity contribution in [1.82, 2.24) is 20.3 Å². The fourth-order valence-electron chi connectivity index (χ4n) is 2.16. The van der Waals surface area contributed by atoms with Gasteiger partial charge in [-0.05, 0) is 30.5 Å². The highest BCUT2D eigenvalue weighted by molar-refractivity contribution is 7.98. The summed E-state index contributed by atoms with van der Waals surface area (Å²) in [5, 5.41) is 24.1. The standard InChI is InChI=1S/C14H15N5OS2/c1-21-8-12(16-13(20)10-2-5-22-7-10)11-6-19(18-17-11)14(9-15)3-4-14/h2,5-7,12H,3-4,8H2,1H3,(H,16,20). The lowest BCUT2D eigenvalue weighted by atomic mass is 10.2. The third-order valence-electron chi connectivity index (χ3n) is 3.66. The van der Waals surface area contributed by atoms with E-state index in [1.54, 1.807) is 28.7 Å². The molecule has 114 valence electrons. The molecule has 1 aliphatic carbocycles. The van der Waals surface area contributed by atoms with Crippen LogP contribution in [-0.4, -0.2) is 32.9 Å². The summed E-state index contributed by atoms with van der Waals surface area (Å²) in [6.45, 7) is 0. The molecule has 0 spiro atoms. The van der Waals surface area contributed by atoms with Gasteiger partial charge in [0.1, 0.15) is 5.69 Å². The average molecular weight is 333 g/mol. The topological polar surface area (TPSA) is 83.6 Å². The van der Waals surface area contributed by atoms with Gasteiger partial charge in [0.25, 0.3) is 5.91 Å². The Kier molecular flexibility index (Phi) is 4.18. The summed E-state index contributed by atoms with van der Waals surface area (Å²) in [6.07, 6.45) is 5.37. The number of amides is 1. The predicted molar refractivity (Wildman–Crippen MR) is 85.8 cm³/mol. The van der Waals surface area contributed by atoms with Gasteiger partial charge in [0.15, 0.2) is 5.54 Å². The van der Waals surface area contributed by atoms with Gasteiger partial charge in [0, 0.05) is 11.1 Å². The second-order valence-electron chi connectivity index (χ2n) is 5.22. The highest BCUT2D eigenvalue weighted by atomic mass is 32.2. The highest BCUT2D eigenvalue weighted by Crippen LogP contribution is 2.42. The molecule has 2 aromatic rings. The number of nitriles is 1. The Balaban J connectivity index is 1.77. The Bertz CT molecular complexity index is 699. The van der Waals surface area contributed by atoms with Crippen molar-refractivity contribution in [1.29, 1.82) is 5.26 Å². The lowest BCUT2D eigenvalue weighted by Crippen LogP contribution is -2.30. The van der Waals surface area contributed by atoms with Gasteiger partial charge in [0.05, 0.1) is 23.9 Å². The normalized spacial score (nSPS) is 16.7. The fraction of sp³-hybridized carbons (Fsp3) is 0.429. The number of hydrogen-bond acceptors (Lipinski definition) is 6. The molecule has 2 aromatic heterocycles. The number of carbonyl (C=O) groups excluding carboxylic acids is 1. The highest BCUT2D eigenvalue weighted by Gasteiger charge is 2.46. The van der Waals surface area contributed by atoms with Crippen LogP contribution in [0.4, 0.5) is 0 Å². The van der Waals surface area contributed by atoms with E-state index in [4.69, 9.17) is 0 Å². The van der Waals surface area contributed by atoms with Crippen LogP contribution < -0.4 is 5.32 Å². The Morgan fingerprint density at radius 1 is 1.68 bits per heavy atom. The number of nitrogens with one attached hydrogen (secondary N) is 1. The Hall–Kier alpha value is -1.85. The molecule has 8 heteroatoms. The molecule has 1 N–H and O–H groups in total. The summed E-state index contributed by atoms with van der Waals surface area (Å²) in [5.41, 5.74) is 0.825. The fourth-order valence-corrected chi connectivity index (χ4v) is 3.38. The van der Waals surface area contributed by atoms with E-state index in [1.165, 1.54) is 11.3 Å². The van der Waals surface area contributed by atoms with Gasteiger partial charge in [-0.15, -0.1) is 5.10 Å². The second kappa shape index (κ2) is 6.10. The summed E-state index contributed by atoms with van der Waals surface area (Å²) in [6, 6.07) is 3.86. The number of thiophene rings is 1. The average Bonchev–Trinajstić information content (AvgIpc) is 2.97. The van der Waals surface area contributed by atoms with E-state index in [9.17, 15) is 10.1 Å². The second-order valence-corrected chi connectivity index (χ2v) is 6.92. The van der Waals surface area contributed by atoms with Gasteiger partial charge < -0.3 is 5.32 Å². The van der Waals surface area contributed by atoms with E-state index in [0.717, 1.165) is 12.8 Å². The van der Waals surface area contributed by atoms with Gasteiger partial charge >= 0.3 is 0 Å². The first-order chi connectivity index (χ1) is 10.7. The van der Waals surface area contributed by atoms with E-state index < -0.39 is 5.54 Å². The molecule has 1 saturated carbocycles. The van der Waals surface area contributed by atoms with E-state index in [2.05, 4.69) is 21.7 Å². The third-order valence-corrected chi connectivity index (χ3v) is 5.01. The van der Waals surface area contributed by atoms with E-state index in [0.29, 0.717) is 17.0 Å². The first-order valence-corrected chi connectivity index (χ1v) is 9.18. The van der Waals surface area contributed by atoms with Crippen molar-refractivity contribution in [3.63, 3.8) is 0 Å². The smallest absolute Gasteiger partial charge is 0.252 e. The van der Waals surface area contributed by atoms with Crippen molar-refractivity contribution in [3.05, 3.63) is 34.3 Å². The SMILES string of the molecule is CSCC(NC(=O)c1ccsc1)c1cn(C2(C#N)CC2)nn1. The van der Waals surface area contributed by atoms with Gasteiger partial charge in [-0.3, -0.25) is 4.79 Å². The molecule has 2 heterocycles. The monoisotopic (exact) mass is 333 g/mol. The molecule has 1 amide bonds. The van der Waals surface area contributed by atoms with Crippen LogP contribution in [-0.2, 0) is 5.54 Å². The quantitative estimate of drug-likeness (QED) is 0.876. The maximum atomic E-state index is 12.2. The predicted octanol–water partition coefficient (Wildman–Crippen LogP) is 2.19. The lowest BCUT2D eigenvalue weighted by molar-refractivity contribution is 0.0940. The van der Waals surface area contributed by atoms with Gasteiger partial charge in [-0.1, -0.05) is 5.21 Å². The van der Waals surface area contributed by atoms with E-state index >= 15 is 0 Å². The Labute approximate surface area is 136 Å². The molecule has 22 heavy (non-hydrogen) atoms. The minimum Gasteiger partial charge on any atom is -0.343 e. The molecule has 0 bridgehead atoms. The molecule has 0 aromatic carbocycles. The molecule has 1 unspecified atom stereocenters. The minimum absolute atomic E-state index is 0.115. The molecule has 0 radical (unpaired) electrons. The first-order valence-electron chi connectivity index (χ1n) is 6.84. The van der Waals surface area contributed by atoms with E-state index in [1.807, 2.05) is 17.0 Å². The molecule has 0 aliphatic heterocycles. The zero-order valence-electron chi connectivity index (χ0n) is 12.0. The molecule has 1 aliphatic rings. The van der Waals surface area contributed by atoms with Crippen LogP contribution in [0.2, 0.25) is 0 Å². The van der Waals surface area contributed by atoms with Gasteiger partial charge in [-0.2, -0.15) is 28.4 Å². The molecular weight excluding hydrogens is 318 g/mol. The summed E-state index contributed by atoms with van der Waals surface area (Å²) in [7, 11) is 0. The number of nitrogens with zero attached hydrogens (tertiary/aromatic N) is 4. The van der Waals surface area contributed by atoms with Crippen molar-refractivity contribution in [2.75, 3.05) is 12.0 Å². The molecular formula is C14H15N5OS2. The molecule has 1 atom stereocenters. The zero-order valence-corrected chi connectivity index (χ0v) is 13.7.